The molecule has 0 heterocycles. The molecule has 1 aromatic carbocycles. The Labute approximate surface area is 170 Å². The van der Waals surface area contributed by atoms with Crippen molar-refractivity contribution in [2.75, 3.05) is 31.8 Å². The standard InChI is InChI=1S/C21H28N2O4S/c1-23(12-19(24)22-17-5-3-4-6-18(17)28-2)20(25)13-27-21(26)11-16-10-14-7-8-15(16)9-14/h3-6,14-16H,7-13H2,1-2H3,(H,22,24)/t14-,15-,16+/m1/s1. The molecule has 2 aliphatic rings. The van der Waals surface area contributed by atoms with Crippen LogP contribution in [-0.4, -0.2) is 49.1 Å². The first kappa shape index (κ1) is 20.7. The molecule has 2 bridgehead atoms. The fourth-order valence-electron chi connectivity index (χ4n) is 4.39. The lowest BCUT2D eigenvalue weighted by Crippen LogP contribution is -2.37. The van der Waals surface area contributed by atoms with Gasteiger partial charge in [-0.25, -0.2) is 0 Å². The minimum Gasteiger partial charge on any atom is -0.456 e. The van der Waals surface area contributed by atoms with Crippen LogP contribution >= 0.6 is 11.8 Å². The quantitative estimate of drug-likeness (QED) is 0.532. The summed E-state index contributed by atoms with van der Waals surface area (Å²) in [6.45, 7) is -0.406. The molecule has 0 unspecified atom stereocenters. The molecular weight excluding hydrogens is 376 g/mol. The van der Waals surface area contributed by atoms with Crippen molar-refractivity contribution in [1.29, 1.82) is 0 Å². The molecule has 2 fully saturated rings. The molecule has 2 amide bonds. The third-order valence-corrected chi connectivity index (χ3v) is 6.65. The van der Waals surface area contributed by atoms with Gasteiger partial charge in [-0.15, -0.1) is 11.8 Å². The third kappa shape index (κ3) is 5.28. The summed E-state index contributed by atoms with van der Waals surface area (Å²) in [6, 6.07) is 7.50. The van der Waals surface area contributed by atoms with Crippen LogP contribution in [0.3, 0.4) is 0 Å². The van der Waals surface area contributed by atoms with Gasteiger partial charge in [0.25, 0.3) is 5.91 Å². The second-order valence-electron chi connectivity index (χ2n) is 7.80. The molecule has 1 N–H and O–H groups in total. The van der Waals surface area contributed by atoms with Gasteiger partial charge in [0.15, 0.2) is 6.61 Å². The van der Waals surface area contributed by atoms with Gasteiger partial charge in [0.1, 0.15) is 0 Å². The number of para-hydroxylation sites is 1. The molecule has 0 aliphatic heterocycles. The number of thioether (sulfide) groups is 1. The minimum atomic E-state index is -0.380. The lowest BCUT2D eigenvalue weighted by molar-refractivity contribution is -0.152. The van der Waals surface area contributed by atoms with Crippen LogP contribution in [0.5, 0.6) is 0 Å². The van der Waals surface area contributed by atoms with E-state index in [0.29, 0.717) is 18.3 Å². The van der Waals surface area contributed by atoms with Gasteiger partial charge >= 0.3 is 5.97 Å². The molecule has 7 heteroatoms. The van der Waals surface area contributed by atoms with Crippen LogP contribution < -0.4 is 5.32 Å². The highest BCUT2D eigenvalue weighted by Crippen LogP contribution is 2.49. The van der Waals surface area contributed by atoms with Crippen LogP contribution in [-0.2, 0) is 19.1 Å². The molecule has 0 saturated heterocycles. The zero-order chi connectivity index (χ0) is 20.1. The fourth-order valence-corrected chi connectivity index (χ4v) is 4.95. The Kier molecular flexibility index (Phi) is 6.99. The van der Waals surface area contributed by atoms with Gasteiger partial charge in [-0.05, 0) is 55.4 Å². The number of likely N-dealkylation sites (N-methyl/N-ethyl adjacent to an activating group) is 1. The summed E-state index contributed by atoms with van der Waals surface area (Å²) in [4.78, 5) is 38.7. The molecule has 152 valence electrons. The van der Waals surface area contributed by atoms with Gasteiger partial charge in [0.05, 0.1) is 12.2 Å². The average molecular weight is 405 g/mol. The Balaban J connectivity index is 1.39. The van der Waals surface area contributed by atoms with Crippen LogP contribution in [0.25, 0.3) is 0 Å². The number of benzene rings is 1. The van der Waals surface area contributed by atoms with Gasteiger partial charge in [-0.2, -0.15) is 0 Å². The number of nitrogens with one attached hydrogen (secondary N) is 1. The second-order valence-corrected chi connectivity index (χ2v) is 8.65. The van der Waals surface area contributed by atoms with E-state index in [9.17, 15) is 14.4 Å². The van der Waals surface area contributed by atoms with Crippen LogP contribution in [0.1, 0.15) is 32.1 Å². The maximum absolute atomic E-state index is 12.2. The van der Waals surface area contributed by atoms with E-state index in [2.05, 4.69) is 5.32 Å². The Morgan fingerprint density at radius 2 is 2.00 bits per heavy atom. The Bertz CT molecular complexity index is 739. The van der Waals surface area contributed by atoms with E-state index in [0.717, 1.165) is 22.9 Å². The van der Waals surface area contributed by atoms with Crippen LogP contribution in [0.4, 0.5) is 5.69 Å². The summed E-state index contributed by atoms with van der Waals surface area (Å²) in [5, 5.41) is 2.81. The monoisotopic (exact) mass is 404 g/mol. The number of amides is 2. The number of rotatable bonds is 8. The molecule has 3 rings (SSSR count). The van der Waals surface area contributed by atoms with Gasteiger partial charge in [0.2, 0.25) is 5.91 Å². The Morgan fingerprint density at radius 3 is 2.68 bits per heavy atom. The van der Waals surface area contributed by atoms with Gasteiger partial charge in [-0.1, -0.05) is 18.6 Å². The molecule has 0 spiro atoms. The zero-order valence-corrected chi connectivity index (χ0v) is 17.3. The van der Waals surface area contributed by atoms with Crippen molar-refractivity contribution in [1.82, 2.24) is 4.90 Å². The van der Waals surface area contributed by atoms with E-state index in [-0.39, 0.29) is 30.9 Å². The predicted molar refractivity (Wildman–Crippen MR) is 109 cm³/mol. The van der Waals surface area contributed by atoms with E-state index >= 15 is 0 Å². The SMILES string of the molecule is CSc1ccccc1NC(=O)CN(C)C(=O)COC(=O)C[C@@H]1C[C@@H]2CC[C@@H]1C2. The molecule has 2 aliphatic carbocycles. The topological polar surface area (TPSA) is 75.7 Å². The van der Waals surface area contributed by atoms with Crippen molar-refractivity contribution in [2.45, 2.75) is 37.0 Å². The van der Waals surface area contributed by atoms with Crippen molar-refractivity contribution in [3.8, 4) is 0 Å². The normalized spacial score (nSPS) is 22.7. The number of anilines is 1. The van der Waals surface area contributed by atoms with Crippen molar-refractivity contribution < 1.29 is 19.1 Å². The van der Waals surface area contributed by atoms with E-state index < -0.39 is 0 Å². The first-order chi connectivity index (χ1) is 13.5. The van der Waals surface area contributed by atoms with Gasteiger partial charge < -0.3 is 15.0 Å². The molecule has 0 aromatic heterocycles. The van der Waals surface area contributed by atoms with Crippen molar-refractivity contribution in [3.05, 3.63) is 24.3 Å². The van der Waals surface area contributed by atoms with E-state index in [1.807, 2.05) is 30.5 Å². The zero-order valence-electron chi connectivity index (χ0n) is 16.5. The number of nitrogens with zero attached hydrogens (tertiary/aromatic N) is 1. The van der Waals surface area contributed by atoms with Crippen LogP contribution in [0.15, 0.2) is 29.2 Å². The minimum absolute atomic E-state index is 0.0918. The van der Waals surface area contributed by atoms with Crippen molar-refractivity contribution >= 4 is 35.2 Å². The Morgan fingerprint density at radius 1 is 1.21 bits per heavy atom. The number of fused-ring (bicyclic) bond motifs is 2. The van der Waals surface area contributed by atoms with Crippen LogP contribution in [0, 0.1) is 17.8 Å². The summed E-state index contributed by atoms with van der Waals surface area (Å²) >= 11 is 1.54. The molecule has 28 heavy (non-hydrogen) atoms. The van der Waals surface area contributed by atoms with E-state index in [1.165, 1.54) is 43.0 Å². The maximum Gasteiger partial charge on any atom is 0.306 e. The van der Waals surface area contributed by atoms with E-state index in [4.69, 9.17) is 4.74 Å². The molecule has 1 aromatic rings. The largest absolute Gasteiger partial charge is 0.456 e. The summed E-state index contributed by atoms with van der Waals surface area (Å²) < 4.78 is 5.17. The van der Waals surface area contributed by atoms with Crippen LogP contribution in [0.2, 0.25) is 0 Å². The fraction of sp³-hybridized carbons (Fsp3) is 0.571. The van der Waals surface area contributed by atoms with Crippen molar-refractivity contribution in [2.24, 2.45) is 17.8 Å². The summed E-state index contributed by atoms with van der Waals surface area (Å²) in [7, 11) is 1.53. The van der Waals surface area contributed by atoms with E-state index in [1.54, 1.807) is 0 Å². The molecule has 3 atom stereocenters. The number of esters is 1. The number of hydrogen-bond donors (Lipinski definition) is 1. The summed E-state index contributed by atoms with van der Waals surface area (Å²) in [5.74, 6) is 0.883. The second kappa shape index (κ2) is 9.45. The third-order valence-electron chi connectivity index (χ3n) is 5.86. The van der Waals surface area contributed by atoms with Crippen molar-refractivity contribution in [3.63, 3.8) is 0 Å². The highest BCUT2D eigenvalue weighted by atomic mass is 32.2. The summed E-state index contributed by atoms with van der Waals surface area (Å²) in [6.07, 6.45) is 7.22. The predicted octanol–water partition coefficient (Wildman–Crippen LogP) is 3.17. The maximum atomic E-state index is 12.2. The highest BCUT2D eigenvalue weighted by Gasteiger charge is 2.40. The van der Waals surface area contributed by atoms with Gasteiger partial charge in [-0.3, -0.25) is 14.4 Å². The van der Waals surface area contributed by atoms with Gasteiger partial charge in [0, 0.05) is 18.4 Å². The first-order valence-electron chi connectivity index (χ1n) is 9.78. The molecular formula is C21H28N2O4S. The molecule has 6 nitrogen and oxygen atoms in total. The number of ether oxygens (including phenoxy) is 1. The number of carbonyl (C=O) groups is 3. The Hall–Kier alpha value is -2.02. The molecule has 2 saturated carbocycles. The average Bonchev–Trinajstić information content (AvgIpc) is 3.29. The lowest BCUT2D eigenvalue weighted by Gasteiger charge is -2.21. The summed E-state index contributed by atoms with van der Waals surface area (Å²) in [5.41, 5.74) is 0.720. The number of hydrogen-bond acceptors (Lipinski definition) is 5. The first-order valence-corrected chi connectivity index (χ1v) is 11.0. The smallest absolute Gasteiger partial charge is 0.306 e. The lowest BCUT2D eigenvalue weighted by atomic mass is 9.86. The molecule has 0 radical (unpaired) electrons. The number of carbonyl (C=O) groups excluding carboxylic acids is 3. The highest BCUT2D eigenvalue weighted by molar-refractivity contribution is 7.98.